The van der Waals surface area contributed by atoms with Crippen LogP contribution in [0.1, 0.15) is 16.2 Å². The fourth-order valence-electron chi connectivity index (χ4n) is 4.07. The first-order valence-corrected chi connectivity index (χ1v) is 13.4. The molecule has 0 spiro atoms. The molecule has 0 unspecified atom stereocenters. The summed E-state index contributed by atoms with van der Waals surface area (Å²) in [7, 11) is 0. The van der Waals surface area contributed by atoms with E-state index in [-0.39, 0.29) is 29.9 Å². The lowest BCUT2D eigenvalue weighted by atomic mass is 10.1. The second-order valence-corrected chi connectivity index (χ2v) is 10.4. The van der Waals surface area contributed by atoms with Crippen LogP contribution in [0.15, 0.2) is 75.0 Å². The fraction of sp³-hybridized carbons (Fsp3) is 0.231. The highest BCUT2D eigenvalue weighted by Crippen LogP contribution is 2.26. The van der Waals surface area contributed by atoms with E-state index < -0.39 is 0 Å². The van der Waals surface area contributed by atoms with Gasteiger partial charge in [0.1, 0.15) is 0 Å². The molecule has 0 aliphatic carbocycles. The van der Waals surface area contributed by atoms with Gasteiger partial charge < -0.3 is 19.5 Å². The highest BCUT2D eigenvalue weighted by atomic mass is 32.2. The van der Waals surface area contributed by atoms with Crippen molar-refractivity contribution in [3.63, 3.8) is 0 Å². The zero-order valence-corrected chi connectivity index (χ0v) is 21.0. The molecule has 1 N–H and O–H groups in total. The van der Waals surface area contributed by atoms with Crippen LogP contribution < -0.4 is 5.32 Å². The summed E-state index contributed by atoms with van der Waals surface area (Å²) in [5.74, 6) is 0.267. The van der Waals surface area contributed by atoms with Crippen LogP contribution in [0.25, 0.3) is 10.8 Å². The van der Waals surface area contributed by atoms with Gasteiger partial charge in [0.05, 0.1) is 24.1 Å². The number of hydrogen-bond donors (Lipinski definition) is 1. The Morgan fingerprint density at radius 1 is 0.972 bits per heavy atom. The van der Waals surface area contributed by atoms with Crippen molar-refractivity contribution in [3.8, 4) is 0 Å². The summed E-state index contributed by atoms with van der Waals surface area (Å²) < 4.78 is 5.93. The molecule has 1 fully saturated rings. The number of thioether (sulfide) groups is 1. The monoisotopic (exact) mass is 520 g/mol. The number of fused-ring (bicyclic) bond motifs is 1. The van der Waals surface area contributed by atoms with Crippen molar-refractivity contribution >= 4 is 57.3 Å². The molecule has 184 valence electrons. The summed E-state index contributed by atoms with van der Waals surface area (Å²) in [4.78, 5) is 45.7. The maximum absolute atomic E-state index is 12.8. The van der Waals surface area contributed by atoms with Crippen molar-refractivity contribution in [3.05, 3.63) is 77.7 Å². The Morgan fingerprint density at radius 3 is 2.56 bits per heavy atom. The zero-order chi connectivity index (χ0) is 24.9. The number of thiazole rings is 1. The van der Waals surface area contributed by atoms with Gasteiger partial charge in [0.2, 0.25) is 11.8 Å². The molecular weight excluding hydrogens is 496 g/mol. The number of aromatic nitrogens is 1. The van der Waals surface area contributed by atoms with E-state index in [0.717, 1.165) is 20.8 Å². The molecule has 0 bridgehead atoms. The topological polar surface area (TPSA) is 95.8 Å². The first-order valence-electron chi connectivity index (χ1n) is 11.5. The van der Waals surface area contributed by atoms with Gasteiger partial charge in [0.15, 0.2) is 10.1 Å². The normalized spacial score (nSPS) is 13.7. The highest BCUT2D eigenvalue weighted by Gasteiger charge is 2.26. The summed E-state index contributed by atoms with van der Waals surface area (Å²) in [6.07, 6.45) is 1.68. The fourth-order valence-corrected chi connectivity index (χ4v) is 5.71. The molecule has 3 heterocycles. The number of piperazine rings is 1. The maximum Gasteiger partial charge on any atom is 0.289 e. The molecule has 1 aliphatic rings. The van der Waals surface area contributed by atoms with E-state index in [9.17, 15) is 14.4 Å². The van der Waals surface area contributed by atoms with Crippen LogP contribution >= 0.6 is 23.1 Å². The molecule has 1 saturated heterocycles. The van der Waals surface area contributed by atoms with Crippen LogP contribution in [-0.4, -0.2) is 64.4 Å². The summed E-state index contributed by atoms with van der Waals surface area (Å²) in [6.45, 7) is 1.89. The van der Waals surface area contributed by atoms with Gasteiger partial charge in [0.25, 0.3) is 5.91 Å². The molecule has 0 radical (unpaired) electrons. The van der Waals surface area contributed by atoms with Crippen LogP contribution in [0.3, 0.4) is 0 Å². The minimum atomic E-state index is -0.155. The summed E-state index contributed by atoms with van der Waals surface area (Å²) in [6, 6.07) is 17.1. The van der Waals surface area contributed by atoms with E-state index in [1.807, 2.05) is 47.8 Å². The van der Waals surface area contributed by atoms with Gasteiger partial charge in [-0.2, -0.15) is 0 Å². The van der Waals surface area contributed by atoms with Gasteiger partial charge in [-0.25, -0.2) is 4.98 Å². The second kappa shape index (κ2) is 11.0. The number of rotatable bonds is 7. The Balaban J connectivity index is 1.09. The number of benzene rings is 2. The lowest BCUT2D eigenvalue weighted by molar-refractivity contribution is -0.132. The molecule has 5 rings (SSSR count). The first-order chi connectivity index (χ1) is 17.6. The van der Waals surface area contributed by atoms with E-state index in [2.05, 4.69) is 10.3 Å². The van der Waals surface area contributed by atoms with Crippen LogP contribution in [0.2, 0.25) is 0 Å². The van der Waals surface area contributed by atoms with Crippen molar-refractivity contribution in [1.82, 2.24) is 14.8 Å². The smallest absolute Gasteiger partial charge is 0.289 e. The van der Waals surface area contributed by atoms with Gasteiger partial charge in [0, 0.05) is 42.6 Å². The zero-order valence-electron chi connectivity index (χ0n) is 19.4. The van der Waals surface area contributed by atoms with E-state index >= 15 is 0 Å². The third-order valence-corrected chi connectivity index (χ3v) is 7.97. The first kappa shape index (κ1) is 24.1. The van der Waals surface area contributed by atoms with Crippen LogP contribution in [0, 0.1) is 0 Å². The average molecular weight is 521 g/mol. The van der Waals surface area contributed by atoms with Gasteiger partial charge >= 0.3 is 0 Å². The Kier molecular flexibility index (Phi) is 7.33. The third-order valence-electron chi connectivity index (χ3n) is 5.91. The standard InChI is InChI=1S/C26H24N4O4S2/c31-23(28-21-8-3-6-18-5-1-2-7-20(18)21)17-36-26-27-19(16-35-26)15-24(32)29-10-12-30(13-11-29)25(33)22-9-4-14-34-22/h1-9,14,16H,10-13,15,17H2,(H,28,31). The lowest BCUT2D eigenvalue weighted by Crippen LogP contribution is -2.50. The van der Waals surface area contributed by atoms with Crippen LogP contribution in [0.4, 0.5) is 5.69 Å². The number of hydrogen-bond acceptors (Lipinski definition) is 7. The van der Waals surface area contributed by atoms with Crippen molar-refractivity contribution in [1.29, 1.82) is 0 Å². The molecular formula is C26H24N4O4S2. The van der Waals surface area contributed by atoms with E-state index in [0.29, 0.717) is 37.6 Å². The SMILES string of the molecule is O=C(CSc1nc(CC(=O)N2CCN(C(=O)c3ccco3)CC2)cs1)Nc1cccc2ccccc12. The van der Waals surface area contributed by atoms with Crippen LogP contribution in [0.5, 0.6) is 0 Å². The molecule has 8 nitrogen and oxygen atoms in total. The van der Waals surface area contributed by atoms with Crippen LogP contribution in [-0.2, 0) is 16.0 Å². The van der Waals surface area contributed by atoms with E-state index in [1.165, 1.54) is 29.4 Å². The number of amides is 3. The quantitative estimate of drug-likeness (QED) is 0.368. The van der Waals surface area contributed by atoms with Gasteiger partial charge in [-0.3, -0.25) is 14.4 Å². The molecule has 3 amide bonds. The molecule has 4 aromatic rings. The van der Waals surface area contributed by atoms with Crippen molar-refractivity contribution in [2.45, 2.75) is 10.8 Å². The van der Waals surface area contributed by atoms with Crippen molar-refractivity contribution in [2.75, 3.05) is 37.2 Å². The molecule has 0 atom stereocenters. The van der Waals surface area contributed by atoms with Crippen molar-refractivity contribution in [2.24, 2.45) is 0 Å². The number of nitrogens with one attached hydrogen (secondary N) is 1. The Hall–Kier alpha value is -3.63. The number of carbonyl (C=O) groups is 3. The van der Waals surface area contributed by atoms with Crippen molar-refractivity contribution < 1.29 is 18.8 Å². The Morgan fingerprint density at radius 2 is 1.75 bits per heavy atom. The Bertz CT molecular complexity index is 1370. The average Bonchev–Trinajstić information content (AvgIpc) is 3.60. The number of furan rings is 1. The summed E-state index contributed by atoms with van der Waals surface area (Å²) >= 11 is 2.79. The van der Waals surface area contributed by atoms with Gasteiger partial charge in [-0.1, -0.05) is 48.2 Å². The second-order valence-electron chi connectivity index (χ2n) is 8.30. The largest absolute Gasteiger partial charge is 0.459 e. The van der Waals surface area contributed by atoms with Gasteiger partial charge in [-0.15, -0.1) is 11.3 Å². The summed E-state index contributed by atoms with van der Waals surface area (Å²) in [5, 5.41) is 6.91. The maximum atomic E-state index is 12.8. The predicted molar refractivity (Wildman–Crippen MR) is 140 cm³/mol. The molecule has 1 aliphatic heterocycles. The number of carbonyl (C=O) groups excluding carboxylic acids is 3. The lowest BCUT2D eigenvalue weighted by Gasteiger charge is -2.34. The number of anilines is 1. The minimum Gasteiger partial charge on any atom is -0.459 e. The predicted octanol–water partition coefficient (Wildman–Crippen LogP) is 4.15. The number of nitrogens with zero attached hydrogens (tertiary/aromatic N) is 3. The van der Waals surface area contributed by atoms with E-state index in [1.54, 1.807) is 21.9 Å². The third kappa shape index (κ3) is 5.60. The Labute approximate surface area is 216 Å². The molecule has 2 aromatic carbocycles. The molecule has 36 heavy (non-hydrogen) atoms. The molecule has 0 saturated carbocycles. The summed E-state index contributed by atoms with van der Waals surface area (Å²) in [5.41, 5.74) is 1.48. The van der Waals surface area contributed by atoms with Gasteiger partial charge in [-0.05, 0) is 23.6 Å². The highest BCUT2D eigenvalue weighted by molar-refractivity contribution is 8.01. The molecule has 2 aromatic heterocycles. The van der Waals surface area contributed by atoms with E-state index in [4.69, 9.17) is 4.42 Å². The molecule has 10 heteroatoms. The minimum absolute atomic E-state index is 0.0179.